The maximum absolute atomic E-state index is 12.8. The number of fused-ring (bicyclic) bond motifs is 1. The van der Waals surface area contributed by atoms with Gasteiger partial charge in [-0.1, -0.05) is 36.4 Å². The smallest absolute Gasteiger partial charge is 0.308 e. The van der Waals surface area contributed by atoms with E-state index in [1.54, 1.807) is 0 Å². The van der Waals surface area contributed by atoms with Gasteiger partial charge in [0.1, 0.15) is 11.6 Å². The summed E-state index contributed by atoms with van der Waals surface area (Å²) in [6.45, 7) is 5.45. The van der Waals surface area contributed by atoms with Gasteiger partial charge in [0.2, 0.25) is 0 Å². The molecule has 1 aliphatic heterocycles. The summed E-state index contributed by atoms with van der Waals surface area (Å²) in [5, 5.41) is 0. The van der Waals surface area contributed by atoms with Gasteiger partial charge in [0.25, 0.3) is 0 Å². The minimum Gasteiger partial charge on any atom is -0.460 e. The molecule has 1 aliphatic rings. The molecule has 0 fully saturated rings. The molecule has 3 rings (SSSR count). The Bertz CT molecular complexity index is 898. The van der Waals surface area contributed by atoms with Gasteiger partial charge in [0.05, 0.1) is 12.1 Å². The van der Waals surface area contributed by atoms with Crippen LogP contribution in [0.2, 0.25) is 0 Å². The molecule has 0 radical (unpaired) electrons. The zero-order valence-corrected chi connectivity index (χ0v) is 17.8. The highest BCUT2D eigenvalue weighted by atomic mass is 127. The minimum atomic E-state index is -0.736. The van der Waals surface area contributed by atoms with Crippen LogP contribution in [-0.4, -0.2) is 29.1 Å². The number of hydrogen-bond acceptors (Lipinski definition) is 4. The fourth-order valence-corrected chi connectivity index (χ4v) is 3.54. The van der Waals surface area contributed by atoms with Crippen molar-refractivity contribution in [3.8, 4) is 0 Å². The highest BCUT2D eigenvalue weighted by Crippen LogP contribution is 2.25. The van der Waals surface area contributed by atoms with Gasteiger partial charge in [-0.05, 0) is 61.1 Å². The number of nitrogens with zero attached hydrogens (tertiary/aromatic N) is 1. The van der Waals surface area contributed by atoms with Crippen LogP contribution in [0.15, 0.2) is 53.5 Å². The lowest BCUT2D eigenvalue weighted by atomic mass is 9.95. The molecule has 140 valence electrons. The summed E-state index contributed by atoms with van der Waals surface area (Å²) < 4.78 is 6.48. The molecular weight excluding hydrogens is 453 g/mol. The van der Waals surface area contributed by atoms with Crippen LogP contribution in [-0.2, 0) is 20.7 Å². The van der Waals surface area contributed by atoms with Gasteiger partial charge in [0, 0.05) is 21.1 Å². The molecule has 5 heteroatoms. The fraction of sp³-hybridized carbons (Fsp3) is 0.318. The van der Waals surface area contributed by atoms with Crippen LogP contribution in [0.1, 0.15) is 43.9 Å². The number of carbonyl (C=O) groups excluding carboxylic acids is 2. The van der Waals surface area contributed by atoms with Crippen molar-refractivity contribution >= 4 is 40.1 Å². The van der Waals surface area contributed by atoms with Crippen molar-refractivity contribution in [2.45, 2.75) is 45.3 Å². The summed E-state index contributed by atoms with van der Waals surface area (Å²) in [6, 6.07) is 15.1. The molecule has 0 amide bonds. The van der Waals surface area contributed by atoms with E-state index in [4.69, 9.17) is 9.73 Å². The highest BCUT2D eigenvalue weighted by Gasteiger charge is 2.29. The molecule has 0 bridgehead atoms. The predicted octanol–water partition coefficient (Wildman–Crippen LogP) is 4.35. The van der Waals surface area contributed by atoms with Crippen LogP contribution >= 0.6 is 22.6 Å². The number of carbonyl (C=O) groups is 2. The van der Waals surface area contributed by atoms with Gasteiger partial charge < -0.3 is 4.74 Å². The van der Waals surface area contributed by atoms with Gasteiger partial charge in [-0.3, -0.25) is 14.6 Å². The number of halogens is 1. The van der Waals surface area contributed by atoms with Crippen LogP contribution in [0.4, 0.5) is 0 Å². The van der Waals surface area contributed by atoms with Crippen molar-refractivity contribution in [1.29, 1.82) is 0 Å². The maximum Gasteiger partial charge on any atom is 0.308 e. The Kier molecular flexibility index (Phi) is 5.79. The Morgan fingerprint density at radius 1 is 1.19 bits per heavy atom. The number of ether oxygens (including phenoxy) is 1. The summed E-state index contributed by atoms with van der Waals surface area (Å²) in [5.74, 6) is -0.466. The predicted molar refractivity (Wildman–Crippen MR) is 114 cm³/mol. The SMILES string of the molecule is CC(C)(C)OC(=O)CC1N=C(c2ccccc2)c2cc(I)ccc2CC1=O. The van der Waals surface area contributed by atoms with E-state index in [1.807, 2.05) is 69.3 Å². The molecule has 1 heterocycles. The lowest BCUT2D eigenvalue weighted by Crippen LogP contribution is -2.29. The fourth-order valence-electron chi connectivity index (χ4n) is 3.05. The molecule has 0 saturated carbocycles. The Morgan fingerprint density at radius 3 is 2.56 bits per heavy atom. The van der Waals surface area contributed by atoms with E-state index in [-0.39, 0.29) is 18.6 Å². The van der Waals surface area contributed by atoms with Gasteiger partial charge in [-0.25, -0.2) is 0 Å². The van der Waals surface area contributed by atoms with Gasteiger partial charge in [-0.15, -0.1) is 0 Å². The average Bonchev–Trinajstić information content (AvgIpc) is 2.71. The number of Topliss-reactive ketones (excluding diaryl/α,β-unsaturated/α-hetero) is 1. The first-order valence-electron chi connectivity index (χ1n) is 8.89. The second kappa shape index (κ2) is 7.92. The molecule has 0 N–H and O–H groups in total. The molecule has 0 saturated heterocycles. The van der Waals surface area contributed by atoms with E-state index in [9.17, 15) is 9.59 Å². The maximum atomic E-state index is 12.8. The molecule has 2 aromatic rings. The molecule has 1 atom stereocenters. The van der Waals surface area contributed by atoms with Crippen LogP contribution in [0.3, 0.4) is 0 Å². The number of benzene rings is 2. The summed E-state index contributed by atoms with van der Waals surface area (Å²) in [5.41, 5.74) is 2.99. The first kappa shape index (κ1) is 19.7. The van der Waals surface area contributed by atoms with E-state index < -0.39 is 17.6 Å². The number of aliphatic imine (C=N–C) groups is 1. The summed E-state index contributed by atoms with van der Waals surface area (Å²) in [6.07, 6.45) is 0.219. The second-order valence-electron chi connectivity index (χ2n) is 7.59. The molecule has 27 heavy (non-hydrogen) atoms. The molecule has 1 unspecified atom stereocenters. The largest absolute Gasteiger partial charge is 0.460 e. The topological polar surface area (TPSA) is 55.7 Å². The Hall–Kier alpha value is -2.02. The average molecular weight is 475 g/mol. The zero-order valence-electron chi connectivity index (χ0n) is 15.7. The minimum absolute atomic E-state index is 0.0441. The van der Waals surface area contributed by atoms with Crippen LogP contribution in [0, 0.1) is 3.57 Å². The molecular formula is C22H22INO3. The van der Waals surface area contributed by atoms with Crippen molar-refractivity contribution in [3.63, 3.8) is 0 Å². The van der Waals surface area contributed by atoms with E-state index in [0.29, 0.717) is 0 Å². The van der Waals surface area contributed by atoms with Crippen LogP contribution in [0.5, 0.6) is 0 Å². The van der Waals surface area contributed by atoms with E-state index in [1.165, 1.54) is 0 Å². The molecule has 2 aromatic carbocycles. The lowest BCUT2D eigenvalue weighted by Gasteiger charge is -2.20. The zero-order chi connectivity index (χ0) is 19.6. The summed E-state index contributed by atoms with van der Waals surface area (Å²) >= 11 is 2.26. The quantitative estimate of drug-likeness (QED) is 0.490. The molecule has 0 aliphatic carbocycles. The number of ketones is 1. The first-order valence-corrected chi connectivity index (χ1v) is 9.97. The van der Waals surface area contributed by atoms with Gasteiger partial charge >= 0.3 is 5.97 Å². The monoisotopic (exact) mass is 475 g/mol. The summed E-state index contributed by atoms with van der Waals surface area (Å²) in [7, 11) is 0. The van der Waals surface area contributed by atoms with Gasteiger partial charge in [0.15, 0.2) is 5.78 Å². The van der Waals surface area contributed by atoms with Crippen molar-refractivity contribution in [2.75, 3.05) is 0 Å². The van der Waals surface area contributed by atoms with E-state index >= 15 is 0 Å². The lowest BCUT2D eigenvalue weighted by molar-refractivity contribution is -0.156. The number of esters is 1. The third-order valence-electron chi connectivity index (χ3n) is 4.18. The van der Waals surface area contributed by atoms with E-state index in [0.717, 1.165) is 26.0 Å². The van der Waals surface area contributed by atoms with Crippen molar-refractivity contribution in [2.24, 2.45) is 4.99 Å². The normalized spacial score (nSPS) is 17.0. The van der Waals surface area contributed by atoms with E-state index in [2.05, 4.69) is 22.6 Å². The standard InChI is InChI=1S/C22H22INO3/c1-22(2,3)27-20(26)13-18-19(25)11-15-9-10-16(23)12-17(15)21(24-18)14-7-5-4-6-8-14/h4-10,12,18H,11,13H2,1-3H3. The third kappa shape index (κ3) is 5.03. The van der Waals surface area contributed by atoms with Crippen LogP contribution in [0.25, 0.3) is 0 Å². The third-order valence-corrected chi connectivity index (χ3v) is 4.85. The van der Waals surface area contributed by atoms with Crippen molar-refractivity contribution < 1.29 is 14.3 Å². The van der Waals surface area contributed by atoms with Crippen molar-refractivity contribution in [3.05, 3.63) is 68.8 Å². The Morgan fingerprint density at radius 2 is 1.89 bits per heavy atom. The summed E-state index contributed by atoms with van der Waals surface area (Å²) in [4.78, 5) is 29.9. The molecule has 4 nitrogen and oxygen atoms in total. The second-order valence-corrected chi connectivity index (χ2v) is 8.84. The molecule has 0 aromatic heterocycles. The Labute approximate surface area is 173 Å². The number of rotatable bonds is 3. The van der Waals surface area contributed by atoms with Crippen molar-refractivity contribution in [1.82, 2.24) is 0 Å². The van der Waals surface area contributed by atoms with Crippen LogP contribution < -0.4 is 0 Å². The Balaban J connectivity index is 2.03. The molecule has 0 spiro atoms. The number of hydrogen-bond donors (Lipinski definition) is 0. The first-order chi connectivity index (χ1) is 12.7. The van der Waals surface area contributed by atoms with Gasteiger partial charge in [-0.2, -0.15) is 0 Å². The highest BCUT2D eigenvalue weighted by molar-refractivity contribution is 14.1.